The molecule has 0 aromatic rings. The maximum Gasteiger partial charge on any atom is 0.0933 e. The van der Waals surface area contributed by atoms with Crippen LogP contribution in [0.25, 0.3) is 0 Å². The summed E-state index contributed by atoms with van der Waals surface area (Å²) in [6.07, 6.45) is 1.39. The van der Waals surface area contributed by atoms with Gasteiger partial charge >= 0.3 is 0 Å². The van der Waals surface area contributed by atoms with Crippen molar-refractivity contribution in [3.63, 3.8) is 0 Å². The molecule has 1 saturated heterocycles. The summed E-state index contributed by atoms with van der Waals surface area (Å²) in [6.45, 7) is 4.61. The van der Waals surface area contributed by atoms with Gasteiger partial charge in [0.05, 0.1) is 19.3 Å². The molecule has 0 amide bonds. The number of rotatable bonds is 3. The van der Waals surface area contributed by atoms with E-state index in [0.29, 0.717) is 12.6 Å². The van der Waals surface area contributed by atoms with Gasteiger partial charge < -0.3 is 14.8 Å². The lowest BCUT2D eigenvalue weighted by molar-refractivity contribution is -0.0362. The summed E-state index contributed by atoms with van der Waals surface area (Å²) in [5, 5.41) is 3.40. The van der Waals surface area contributed by atoms with Gasteiger partial charge in [0.15, 0.2) is 0 Å². The van der Waals surface area contributed by atoms with Crippen molar-refractivity contribution in [1.29, 1.82) is 0 Å². The highest BCUT2D eigenvalue weighted by Crippen LogP contribution is 2.03. The summed E-state index contributed by atoms with van der Waals surface area (Å²) in [5.74, 6) is 0. The Morgan fingerprint density at radius 3 is 2.91 bits per heavy atom. The summed E-state index contributed by atoms with van der Waals surface area (Å²) in [6, 6.07) is 0.545. The maximum absolute atomic E-state index is 5.53. The van der Waals surface area contributed by atoms with Crippen molar-refractivity contribution < 1.29 is 9.47 Å². The van der Waals surface area contributed by atoms with E-state index in [0.717, 1.165) is 19.6 Å². The quantitative estimate of drug-likeness (QED) is 0.646. The molecule has 1 fully saturated rings. The molecule has 0 saturated carbocycles. The van der Waals surface area contributed by atoms with Gasteiger partial charge in [-0.05, 0) is 6.42 Å². The van der Waals surface area contributed by atoms with Crippen molar-refractivity contribution >= 4 is 0 Å². The van der Waals surface area contributed by atoms with E-state index in [1.807, 2.05) is 0 Å². The fourth-order valence-corrected chi connectivity index (χ4v) is 1.22. The molecule has 1 aliphatic heterocycles. The van der Waals surface area contributed by atoms with Gasteiger partial charge in [0.1, 0.15) is 0 Å². The van der Waals surface area contributed by atoms with Gasteiger partial charge in [0.25, 0.3) is 0 Å². The van der Waals surface area contributed by atoms with Crippen molar-refractivity contribution in [1.82, 2.24) is 5.32 Å². The van der Waals surface area contributed by atoms with E-state index in [1.54, 1.807) is 7.11 Å². The summed E-state index contributed by atoms with van der Waals surface area (Å²) >= 11 is 0. The van der Waals surface area contributed by atoms with Crippen molar-refractivity contribution in [2.45, 2.75) is 25.5 Å². The molecule has 0 spiro atoms. The smallest absolute Gasteiger partial charge is 0.0933 e. The third-order valence-electron chi connectivity index (χ3n) is 2.01. The zero-order chi connectivity index (χ0) is 8.10. The van der Waals surface area contributed by atoms with Crippen LogP contribution in [-0.4, -0.2) is 39.0 Å². The first kappa shape index (κ1) is 8.97. The molecule has 0 radical (unpaired) electrons. The predicted octanol–water partition coefficient (Wildman–Crippen LogP) is 0.400. The fraction of sp³-hybridized carbons (Fsp3) is 1.00. The number of hydrogen-bond acceptors (Lipinski definition) is 3. The SMILES string of the molecule is CCC1COC(COC)CN1. The molecule has 2 atom stereocenters. The predicted molar refractivity (Wildman–Crippen MR) is 43.7 cm³/mol. The number of morpholine rings is 1. The standard InChI is InChI=1S/C8H17NO2/c1-3-7-5-11-8(4-9-7)6-10-2/h7-9H,3-6H2,1-2H3. The van der Waals surface area contributed by atoms with Crippen LogP contribution in [-0.2, 0) is 9.47 Å². The monoisotopic (exact) mass is 159 g/mol. The van der Waals surface area contributed by atoms with Crippen LogP contribution in [0.2, 0.25) is 0 Å². The summed E-state index contributed by atoms with van der Waals surface area (Å²) < 4.78 is 10.5. The van der Waals surface area contributed by atoms with Crippen LogP contribution in [0, 0.1) is 0 Å². The Morgan fingerprint density at radius 2 is 2.45 bits per heavy atom. The minimum absolute atomic E-state index is 0.253. The molecule has 66 valence electrons. The minimum atomic E-state index is 0.253. The van der Waals surface area contributed by atoms with Crippen LogP contribution < -0.4 is 5.32 Å². The highest BCUT2D eigenvalue weighted by molar-refractivity contribution is 4.74. The molecule has 0 aromatic heterocycles. The second-order valence-corrected chi connectivity index (χ2v) is 2.92. The Labute approximate surface area is 68.1 Å². The zero-order valence-electron chi connectivity index (χ0n) is 7.30. The second-order valence-electron chi connectivity index (χ2n) is 2.92. The van der Waals surface area contributed by atoms with E-state index in [-0.39, 0.29) is 6.10 Å². The lowest BCUT2D eigenvalue weighted by Crippen LogP contribution is -2.47. The highest BCUT2D eigenvalue weighted by Gasteiger charge is 2.18. The Balaban J connectivity index is 2.14. The first-order valence-corrected chi connectivity index (χ1v) is 4.20. The zero-order valence-corrected chi connectivity index (χ0v) is 7.30. The van der Waals surface area contributed by atoms with Crippen LogP contribution in [0.3, 0.4) is 0 Å². The molecule has 2 unspecified atom stereocenters. The van der Waals surface area contributed by atoms with E-state index < -0.39 is 0 Å². The van der Waals surface area contributed by atoms with Crippen molar-refractivity contribution in [3.8, 4) is 0 Å². The van der Waals surface area contributed by atoms with Crippen LogP contribution in [0.1, 0.15) is 13.3 Å². The summed E-state index contributed by atoms with van der Waals surface area (Å²) in [4.78, 5) is 0. The normalized spacial score (nSPS) is 32.2. The van der Waals surface area contributed by atoms with Crippen molar-refractivity contribution in [2.75, 3.05) is 26.9 Å². The van der Waals surface area contributed by atoms with Crippen molar-refractivity contribution in [3.05, 3.63) is 0 Å². The first-order valence-electron chi connectivity index (χ1n) is 4.20. The maximum atomic E-state index is 5.53. The number of nitrogens with one attached hydrogen (secondary N) is 1. The van der Waals surface area contributed by atoms with E-state index in [1.165, 1.54) is 0 Å². The molecule has 0 bridgehead atoms. The van der Waals surface area contributed by atoms with Crippen molar-refractivity contribution in [2.24, 2.45) is 0 Å². The average molecular weight is 159 g/mol. The van der Waals surface area contributed by atoms with Gasteiger partial charge in [0, 0.05) is 19.7 Å². The average Bonchev–Trinajstić information content (AvgIpc) is 2.07. The molecule has 1 rings (SSSR count). The van der Waals surface area contributed by atoms with Gasteiger partial charge in [-0.2, -0.15) is 0 Å². The molecule has 3 nitrogen and oxygen atoms in total. The molecular weight excluding hydrogens is 142 g/mol. The largest absolute Gasteiger partial charge is 0.382 e. The fourth-order valence-electron chi connectivity index (χ4n) is 1.22. The Morgan fingerprint density at radius 1 is 1.64 bits per heavy atom. The second kappa shape index (κ2) is 4.70. The highest BCUT2D eigenvalue weighted by atomic mass is 16.5. The number of methoxy groups -OCH3 is 1. The molecule has 1 heterocycles. The molecule has 11 heavy (non-hydrogen) atoms. The van der Waals surface area contributed by atoms with E-state index in [2.05, 4.69) is 12.2 Å². The van der Waals surface area contributed by atoms with Gasteiger partial charge in [-0.1, -0.05) is 6.92 Å². The van der Waals surface area contributed by atoms with Crippen LogP contribution in [0.4, 0.5) is 0 Å². The van der Waals surface area contributed by atoms with Gasteiger partial charge in [0.2, 0.25) is 0 Å². The number of ether oxygens (including phenoxy) is 2. The van der Waals surface area contributed by atoms with Gasteiger partial charge in [-0.3, -0.25) is 0 Å². The Kier molecular flexibility index (Phi) is 3.83. The van der Waals surface area contributed by atoms with Crippen LogP contribution in [0.5, 0.6) is 0 Å². The lowest BCUT2D eigenvalue weighted by atomic mass is 10.2. The molecule has 0 aromatic carbocycles. The van der Waals surface area contributed by atoms with Gasteiger partial charge in [-0.15, -0.1) is 0 Å². The molecule has 3 heteroatoms. The summed E-state index contributed by atoms with van der Waals surface area (Å²) in [7, 11) is 1.70. The van der Waals surface area contributed by atoms with Gasteiger partial charge in [-0.25, -0.2) is 0 Å². The van der Waals surface area contributed by atoms with Crippen LogP contribution >= 0.6 is 0 Å². The molecule has 1 N–H and O–H groups in total. The lowest BCUT2D eigenvalue weighted by Gasteiger charge is -2.29. The summed E-state index contributed by atoms with van der Waals surface area (Å²) in [5.41, 5.74) is 0. The molecule has 0 aliphatic carbocycles. The minimum Gasteiger partial charge on any atom is -0.382 e. The van der Waals surface area contributed by atoms with Crippen LogP contribution in [0.15, 0.2) is 0 Å². The molecular formula is C8H17NO2. The topological polar surface area (TPSA) is 30.5 Å². The first-order chi connectivity index (χ1) is 5.36. The van der Waals surface area contributed by atoms with E-state index in [9.17, 15) is 0 Å². The van der Waals surface area contributed by atoms with E-state index >= 15 is 0 Å². The Bertz CT molecular complexity index is 100. The Hall–Kier alpha value is -0.120. The molecule has 1 aliphatic rings. The van der Waals surface area contributed by atoms with E-state index in [4.69, 9.17) is 9.47 Å². The third kappa shape index (κ3) is 2.77. The number of hydrogen-bond donors (Lipinski definition) is 1. The third-order valence-corrected chi connectivity index (χ3v) is 2.01.